The number of carbonyl (C=O) groups is 1. The third-order valence-electron chi connectivity index (χ3n) is 5.03. The van der Waals surface area contributed by atoms with Gasteiger partial charge in [0.15, 0.2) is 0 Å². The summed E-state index contributed by atoms with van der Waals surface area (Å²) >= 11 is 0. The van der Waals surface area contributed by atoms with Crippen LogP contribution in [0.1, 0.15) is 36.0 Å². The van der Waals surface area contributed by atoms with E-state index in [9.17, 15) is 19.4 Å². The smallest absolute Gasteiger partial charge is 0.251 e. The Morgan fingerprint density at radius 2 is 1.89 bits per heavy atom. The zero-order chi connectivity index (χ0) is 19.3. The topological polar surface area (TPSA) is 78.8 Å². The molecule has 144 valence electrons. The highest BCUT2D eigenvalue weighted by Gasteiger charge is 2.33. The number of rotatable bonds is 6. The quantitative estimate of drug-likeness (QED) is 0.726. The fraction of sp³-hybridized carbons (Fsp3) is 0.381. The van der Waals surface area contributed by atoms with Crippen molar-refractivity contribution in [2.24, 2.45) is 5.92 Å². The minimum atomic E-state index is -0.929. The maximum Gasteiger partial charge on any atom is 0.251 e. The van der Waals surface area contributed by atoms with Gasteiger partial charge in [-0.25, -0.2) is 4.39 Å². The summed E-state index contributed by atoms with van der Waals surface area (Å²) in [6.45, 7) is 0.670. The normalized spacial score (nSPS) is 22.2. The molecule has 5 nitrogen and oxygen atoms in total. The first-order chi connectivity index (χ1) is 12.9. The van der Waals surface area contributed by atoms with Gasteiger partial charge in [0, 0.05) is 18.2 Å². The second-order valence-corrected chi connectivity index (χ2v) is 7.17. The van der Waals surface area contributed by atoms with Crippen LogP contribution in [0.15, 0.2) is 48.5 Å². The van der Waals surface area contributed by atoms with Gasteiger partial charge in [-0.2, -0.15) is 0 Å². The van der Waals surface area contributed by atoms with E-state index in [0.717, 1.165) is 12.8 Å². The lowest BCUT2D eigenvalue weighted by atomic mass is 9.79. The summed E-state index contributed by atoms with van der Waals surface area (Å²) < 4.78 is 18.8. The predicted molar refractivity (Wildman–Crippen MR) is 99.2 cm³/mol. The van der Waals surface area contributed by atoms with Crippen molar-refractivity contribution in [3.05, 3.63) is 59.9 Å². The molecule has 0 heterocycles. The Morgan fingerprint density at radius 1 is 1.19 bits per heavy atom. The van der Waals surface area contributed by atoms with Crippen LogP contribution >= 0.6 is 0 Å². The molecule has 0 aromatic heterocycles. The molecule has 1 aliphatic carbocycles. The number of nitrogens with one attached hydrogen (secondary N) is 1. The highest BCUT2D eigenvalue weighted by Crippen LogP contribution is 2.32. The van der Waals surface area contributed by atoms with Gasteiger partial charge in [0.1, 0.15) is 17.3 Å². The molecule has 27 heavy (non-hydrogen) atoms. The molecule has 0 bridgehead atoms. The van der Waals surface area contributed by atoms with E-state index in [1.54, 1.807) is 12.1 Å². The van der Waals surface area contributed by atoms with Crippen molar-refractivity contribution in [3.63, 3.8) is 0 Å². The Kier molecular flexibility index (Phi) is 5.96. The summed E-state index contributed by atoms with van der Waals surface area (Å²) in [5.41, 5.74) is -0.490. The molecule has 0 unspecified atom stereocenters. The summed E-state index contributed by atoms with van der Waals surface area (Å²) in [6.07, 6.45) is 2.70. The van der Waals surface area contributed by atoms with E-state index in [0.29, 0.717) is 36.7 Å². The molecule has 3 N–H and O–H groups in total. The maximum absolute atomic E-state index is 13.2. The number of ether oxygens (including phenoxy) is 1. The number of hydrogen-bond acceptors (Lipinski definition) is 4. The molecule has 6 heteroatoms. The Hall–Kier alpha value is -2.60. The molecule has 3 rings (SSSR count). The second kappa shape index (κ2) is 8.39. The molecule has 0 atom stereocenters. The predicted octanol–water partition coefficient (Wildman–Crippen LogP) is 3.26. The van der Waals surface area contributed by atoms with Crippen LogP contribution in [0.4, 0.5) is 4.39 Å². The highest BCUT2D eigenvalue weighted by molar-refractivity contribution is 5.94. The van der Waals surface area contributed by atoms with E-state index in [4.69, 9.17) is 4.74 Å². The first kappa shape index (κ1) is 19.2. The Labute approximate surface area is 157 Å². The van der Waals surface area contributed by atoms with Crippen LogP contribution in [0.2, 0.25) is 0 Å². The number of carbonyl (C=O) groups excluding carboxylic acids is 1. The Bertz CT molecular complexity index is 770. The summed E-state index contributed by atoms with van der Waals surface area (Å²) in [7, 11) is 0. The summed E-state index contributed by atoms with van der Waals surface area (Å²) in [4.78, 5) is 12.1. The molecule has 1 amide bonds. The van der Waals surface area contributed by atoms with Gasteiger partial charge in [0.05, 0.1) is 12.2 Å². The van der Waals surface area contributed by atoms with Crippen LogP contribution < -0.4 is 10.1 Å². The van der Waals surface area contributed by atoms with Gasteiger partial charge in [0.25, 0.3) is 5.91 Å². The van der Waals surface area contributed by atoms with Crippen LogP contribution in [-0.4, -0.2) is 34.9 Å². The van der Waals surface area contributed by atoms with E-state index in [1.165, 1.54) is 36.4 Å². The summed E-state index contributed by atoms with van der Waals surface area (Å²) in [5, 5.41) is 22.7. The third kappa shape index (κ3) is 5.44. The molecule has 0 radical (unpaired) electrons. The van der Waals surface area contributed by atoms with Crippen LogP contribution in [-0.2, 0) is 0 Å². The lowest BCUT2D eigenvalue weighted by Crippen LogP contribution is -2.45. The van der Waals surface area contributed by atoms with E-state index in [-0.39, 0.29) is 24.0 Å². The van der Waals surface area contributed by atoms with Crippen LogP contribution in [0, 0.1) is 11.7 Å². The van der Waals surface area contributed by atoms with Gasteiger partial charge in [-0.1, -0.05) is 6.07 Å². The average molecular weight is 373 g/mol. The second-order valence-electron chi connectivity index (χ2n) is 7.17. The van der Waals surface area contributed by atoms with Crippen molar-refractivity contribution in [2.75, 3.05) is 13.2 Å². The summed E-state index contributed by atoms with van der Waals surface area (Å²) in [6, 6.07) is 12.0. The van der Waals surface area contributed by atoms with Gasteiger partial charge in [-0.05, 0) is 68.0 Å². The zero-order valence-electron chi connectivity index (χ0n) is 15.0. The zero-order valence-corrected chi connectivity index (χ0v) is 15.0. The molecular formula is C21H24FNO4. The molecule has 2 aromatic carbocycles. The number of benzene rings is 2. The molecule has 0 aliphatic heterocycles. The van der Waals surface area contributed by atoms with Gasteiger partial charge in [0.2, 0.25) is 0 Å². The van der Waals surface area contributed by atoms with Crippen LogP contribution in [0.5, 0.6) is 11.5 Å². The van der Waals surface area contributed by atoms with Crippen molar-refractivity contribution in [2.45, 2.75) is 31.3 Å². The largest absolute Gasteiger partial charge is 0.508 e. The fourth-order valence-corrected chi connectivity index (χ4v) is 3.29. The minimum Gasteiger partial charge on any atom is -0.508 e. The van der Waals surface area contributed by atoms with Crippen molar-refractivity contribution < 1.29 is 24.1 Å². The molecule has 2 aromatic rings. The number of hydrogen-bond donors (Lipinski definition) is 3. The molecule has 1 aliphatic rings. The number of phenolic OH excluding ortho intramolecular Hbond substituents is 1. The van der Waals surface area contributed by atoms with Crippen molar-refractivity contribution >= 4 is 5.91 Å². The van der Waals surface area contributed by atoms with E-state index < -0.39 is 5.60 Å². The number of halogens is 1. The maximum atomic E-state index is 13.2. The molecular weight excluding hydrogens is 349 g/mol. The van der Waals surface area contributed by atoms with Gasteiger partial charge in [-0.3, -0.25) is 4.79 Å². The monoisotopic (exact) mass is 373 g/mol. The van der Waals surface area contributed by atoms with Gasteiger partial charge in [-0.15, -0.1) is 0 Å². The third-order valence-corrected chi connectivity index (χ3v) is 5.03. The Balaban J connectivity index is 1.43. The number of aliphatic hydroxyl groups is 1. The number of aromatic hydroxyl groups is 1. The van der Waals surface area contributed by atoms with Crippen LogP contribution in [0.25, 0.3) is 0 Å². The SMILES string of the molecule is O=C(NC[C@]1(O)CC[C@H](COc2cccc(F)c2)CC1)c1ccc(O)cc1. The first-order valence-electron chi connectivity index (χ1n) is 9.11. The van der Waals surface area contributed by atoms with E-state index in [1.807, 2.05) is 0 Å². The van der Waals surface area contributed by atoms with Crippen molar-refractivity contribution in [1.82, 2.24) is 5.32 Å². The molecule has 0 spiro atoms. The lowest BCUT2D eigenvalue weighted by molar-refractivity contribution is -0.0129. The van der Waals surface area contributed by atoms with Crippen molar-refractivity contribution in [3.8, 4) is 11.5 Å². The standard InChI is InChI=1S/C21H24FNO4/c22-17-2-1-3-19(12-17)27-13-15-8-10-21(26,11-9-15)14-23-20(25)16-4-6-18(24)7-5-16/h1-7,12,15,24,26H,8-11,13-14H2,(H,23,25)/t15-,21-. The van der Waals surface area contributed by atoms with Gasteiger partial charge >= 0.3 is 0 Å². The van der Waals surface area contributed by atoms with E-state index in [2.05, 4.69) is 5.32 Å². The number of phenols is 1. The van der Waals surface area contributed by atoms with Crippen molar-refractivity contribution in [1.29, 1.82) is 0 Å². The Morgan fingerprint density at radius 3 is 2.56 bits per heavy atom. The molecule has 1 saturated carbocycles. The molecule has 1 fully saturated rings. The lowest BCUT2D eigenvalue weighted by Gasteiger charge is -2.36. The average Bonchev–Trinajstić information content (AvgIpc) is 2.66. The highest BCUT2D eigenvalue weighted by atomic mass is 19.1. The molecule has 0 saturated heterocycles. The number of amides is 1. The van der Waals surface area contributed by atoms with Gasteiger partial charge < -0.3 is 20.3 Å². The summed E-state index contributed by atoms with van der Waals surface area (Å²) in [5.74, 6) is 0.303. The van der Waals surface area contributed by atoms with Crippen LogP contribution in [0.3, 0.4) is 0 Å². The fourth-order valence-electron chi connectivity index (χ4n) is 3.29. The minimum absolute atomic E-state index is 0.101. The first-order valence-corrected chi connectivity index (χ1v) is 9.11. The van der Waals surface area contributed by atoms with E-state index >= 15 is 0 Å².